The highest BCUT2D eigenvalue weighted by Gasteiger charge is 2.30. The molecule has 1 nitrogen and oxygen atoms in total. The van der Waals surface area contributed by atoms with Crippen molar-refractivity contribution >= 4 is 35.0 Å². The maximum absolute atomic E-state index is 12.0. The number of hydrogen-bond acceptors (Lipinski definition) is 1. The Hall–Kier alpha value is -0.0100. The molecule has 1 rings (SSSR count). The van der Waals surface area contributed by atoms with Gasteiger partial charge in [-0.1, -0.05) is 12.1 Å². The minimum atomic E-state index is -4.21. The molecule has 0 unspecified atom stereocenters. The fraction of sp³-hybridized carbons (Fsp3) is 0.333. The molecule has 1 aromatic rings. The van der Waals surface area contributed by atoms with Crippen molar-refractivity contribution in [1.29, 1.82) is 0 Å². The van der Waals surface area contributed by atoms with Crippen LogP contribution >= 0.6 is 35.0 Å². The van der Waals surface area contributed by atoms with Gasteiger partial charge >= 0.3 is 6.18 Å². The molecule has 1 atom stereocenters. The monoisotopic (exact) mass is 351 g/mol. The highest BCUT2D eigenvalue weighted by molar-refractivity contribution is 14.1. The van der Waals surface area contributed by atoms with E-state index in [1.165, 1.54) is 0 Å². The first kappa shape index (κ1) is 15.0. The van der Waals surface area contributed by atoms with Crippen molar-refractivity contribution < 1.29 is 13.2 Å². The second kappa shape index (κ2) is 5.91. The van der Waals surface area contributed by atoms with Crippen molar-refractivity contribution in [2.75, 3.05) is 0 Å². The van der Waals surface area contributed by atoms with Crippen molar-refractivity contribution in [3.8, 4) is 0 Å². The summed E-state index contributed by atoms with van der Waals surface area (Å²) in [6.45, 7) is 0. The van der Waals surface area contributed by atoms with Gasteiger partial charge in [-0.3, -0.25) is 0 Å². The van der Waals surface area contributed by atoms with Crippen molar-refractivity contribution in [2.24, 2.45) is 5.73 Å². The molecule has 6 heteroatoms. The molecule has 0 saturated carbocycles. The van der Waals surface area contributed by atoms with Gasteiger partial charge in [-0.25, -0.2) is 0 Å². The molecular weight excluding hydrogens is 341 g/mol. The molecule has 0 amide bonds. The van der Waals surface area contributed by atoms with E-state index in [1.807, 2.05) is 0 Å². The van der Waals surface area contributed by atoms with Crippen molar-refractivity contribution in [1.82, 2.24) is 0 Å². The topological polar surface area (TPSA) is 26.0 Å². The van der Waals surface area contributed by atoms with Gasteiger partial charge in [0, 0.05) is 9.61 Å². The largest absolute Gasteiger partial charge is 0.390 e. The van der Waals surface area contributed by atoms with Crippen LogP contribution in [0.4, 0.5) is 13.2 Å². The van der Waals surface area contributed by atoms with Crippen LogP contribution in [0.15, 0.2) is 24.3 Å². The lowest BCUT2D eigenvalue weighted by Crippen LogP contribution is -2.20. The third-order valence-electron chi connectivity index (χ3n) is 1.75. The summed E-state index contributed by atoms with van der Waals surface area (Å²) in [6, 6.07) is 5.77. The Balaban J connectivity index is 0.00000196. The van der Waals surface area contributed by atoms with E-state index in [0.717, 1.165) is 3.57 Å². The predicted octanol–water partition coefficient (Wildman–Crippen LogP) is 3.67. The van der Waals surface area contributed by atoms with Crippen LogP contribution in [0.5, 0.6) is 0 Å². The van der Waals surface area contributed by atoms with Crippen LogP contribution < -0.4 is 5.73 Å². The van der Waals surface area contributed by atoms with Gasteiger partial charge in [-0.2, -0.15) is 13.2 Å². The van der Waals surface area contributed by atoms with Crippen LogP contribution in [0.1, 0.15) is 18.0 Å². The molecule has 0 saturated heterocycles. The molecule has 0 aliphatic rings. The number of rotatable bonds is 2. The number of nitrogens with two attached hydrogens (primary N) is 1. The van der Waals surface area contributed by atoms with Crippen molar-refractivity contribution in [3.63, 3.8) is 0 Å². The summed E-state index contributed by atoms with van der Waals surface area (Å²) < 4.78 is 36.9. The predicted molar refractivity (Wildman–Crippen MR) is 64.0 cm³/mol. The first-order valence-corrected chi connectivity index (χ1v) is 5.04. The van der Waals surface area contributed by atoms with Crippen LogP contribution in [-0.4, -0.2) is 6.18 Å². The number of hydrogen-bond donors (Lipinski definition) is 1. The first-order chi connectivity index (χ1) is 6.38. The molecule has 2 N–H and O–H groups in total. The molecule has 0 fully saturated rings. The highest BCUT2D eigenvalue weighted by Crippen LogP contribution is 2.27. The highest BCUT2D eigenvalue weighted by atomic mass is 127. The third-order valence-corrected chi connectivity index (χ3v) is 2.47. The summed E-state index contributed by atoms with van der Waals surface area (Å²) in [4.78, 5) is 0. The summed E-state index contributed by atoms with van der Waals surface area (Å²) in [6.07, 6.45) is -5.18. The lowest BCUT2D eigenvalue weighted by atomic mass is 10.1. The second-order valence-corrected chi connectivity index (χ2v) is 4.22. The normalized spacial score (nSPS) is 13.1. The smallest absolute Gasteiger partial charge is 0.324 e. The van der Waals surface area contributed by atoms with Crippen LogP contribution in [0.3, 0.4) is 0 Å². The zero-order valence-corrected chi connectivity index (χ0v) is 10.6. The minimum absolute atomic E-state index is 0. The quantitative estimate of drug-likeness (QED) is 0.809. The van der Waals surface area contributed by atoms with Gasteiger partial charge in [0.2, 0.25) is 0 Å². The Morgan fingerprint density at radius 3 is 2.07 bits per heavy atom. The van der Waals surface area contributed by atoms with E-state index in [2.05, 4.69) is 22.6 Å². The van der Waals surface area contributed by atoms with Crippen LogP contribution in [-0.2, 0) is 0 Å². The van der Waals surface area contributed by atoms with Gasteiger partial charge in [0.05, 0.1) is 6.42 Å². The Kier molecular flexibility index (Phi) is 5.90. The number of benzene rings is 1. The standard InChI is InChI=1S/C9H9F3IN.ClH/c10-9(11,12)5-8(14)6-1-3-7(13)4-2-6;/h1-4,8H,5,14H2;1H/t8-;/m1./s1. The summed E-state index contributed by atoms with van der Waals surface area (Å²) in [5, 5.41) is 0. The third kappa shape index (κ3) is 5.58. The maximum Gasteiger partial charge on any atom is 0.390 e. The molecule has 0 bridgehead atoms. The molecule has 0 aliphatic carbocycles. The van der Waals surface area contributed by atoms with E-state index in [1.54, 1.807) is 24.3 Å². The van der Waals surface area contributed by atoms with Gasteiger partial charge in [-0.05, 0) is 40.3 Å². The molecule has 0 spiro atoms. The summed E-state index contributed by atoms with van der Waals surface area (Å²) in [7, 11) is 0. The fourth-order valence-electron chi connectivity index (χ4n) is 1.08. The van der Waals surface area contributed by atoms with E-state index >= 15 is 0 Å². The molecular formula is C9H10ClF3IN. The van der Waals surface area contributed by atoms with Crippen LogP contribution in [0, 0.1) is 3.57 Å². The molecule has 0 aliphatic heterocycles. The van der Waals surface area contributed by atoms with Gasteiger partial charge in [0.1, 0.15) is 0 Å². The average molecular weight is 352 g/mol. The lowest BCUT2D eigenvalue weighted by molar-refractivity contribution is -0.138. The molecule has 1 aromatic carbocycles. The van der Waals surface area contributed by atoms with Crippen molar-refractivity contribution in [2.45, 2.75) is 18.6 Å². The fourth-order valence-corrected chi connectivity index (χ4v) is 1.44. The Morgan fingerprint density at radius 1 is 1.20 bits per heavy atom. The zero-order chi connectivity index (χ0) is 10.8. The molecule has 0 radical (unpaired) electrons. The Morgan fingerprint density at radius 2 is 1.67 bits per heavy atom. The van der Waals surface area contributed by atoms with E-state index < -0.39 is 18.6 Å². The van der Waals surface area contributed by atoms with E-state index in [-0.39, 0.29) is 12.4 Å². The first-order valence-electron chi connectivity index (χ1n) is 3.96. The summed E-state index contributed by atoms with van der Waals surface area (Å²) >= 11 is 2.09. The van der Waals surface area contributed by atoms with E-state index in [0.29, 0.717) is 5.56 Å². The molecule has 15 heavy (non-hydrogen) atoms. The Bertz CT molecular complexity index is 299. The van der Waals surface area contributed by atoms with Crippen LogP contribution in [0.25, 0.3) is 0 Å². The van der Waals surface area contributed by atoms with Crippen LogP contribution in [0.2, 0.25) is 0 Å². The minimum Gasteiger partial charge on any atom is -0.324 e. The van der Waals surface area contributed by atoms with Gasteiger partial charge < -0.3 is 5.73 Å². The van der Waals surface area contributed by atoms with E-state index in [4.69, 9.17) is 5.73 Å². The molecule has 86 valence electrons. The van der Waals surface area contributed by atoms with Gasteiger partial charge in [0.25, 0.3) is 0 Å². The number of alkyl halides is 3. The SMILES string of the molecule is Cl.N[C@H](CC(F)(F)F)c1ccc(I)cc1. The maximum atomic E-state index is 12.0. The van der Waals surface area contributed by atoms with Gasteiger partial charge in [-0.15, -0.1) is 12.4 Å². The molecule has 0 heterocycles. The lowest BCUT2D eigenvalue weighted by Gasteiger charge is -2.14. The summed E-state index contributed by atoms with van der Waals surface area (Å²) in [5.41, 5.74) is 5.93. The number of halogens is 5. The summed E-state index contributed by atoms with van der Waals surface area (Å²) in [5.74, 6) is 0. The van der Waals surface area contributed by atoms with Crippen molar-refractivity contribution in [3.05, 3.63) is 33.4 Å². The van der Waals surface area contributed by atoms with Gasteiger partial charge in [0.15, 0.2) is 0 Å². The average Bonchev–Trinajstić information content (AvgIpc) is 2.02. The zero-order valence-electron chi connectivity index (χ0n) is 7.59. The molecule has 0 aromatic heterocycles. The Labute approximate surface area is 106 Å². The van der Waals surface area contributed by atoms with E-state index in [9.17, 15) is 13.2 Å². The second-order valence-electron chi connectivity index (χ2n) is 2.98.